The molecule has 3 N–H and O–H groups in total. The molecule has 0 bridgehead atoms. The summed E-state index contributed by atoms with van der Waals surface area (Å²) in [5, 5.41) is 3.78. The molecule has 2 rings (SSSR count). The first-order valence-electron chi connectivity index (χ1n) is 6.51. The summed E-state index contributed by atoms with van der Waals surface area (Å²) in [6, 6.07) is 8.96. The third-order valence-corrected chi connectivity index (χ3v) is 3.03. The number of hydrogen-bond donors (Lipinski definition) is 2. The zero-order valence-corrected chi connectivity index (χ0v) is 12.4. The molecule has 0 aliphatic carbocycles. The van der Waals surface area contributed by atoms with Gasteiger partial charge in [-0.3, -0.25) is 0 Å². The van der Waals surface area contributed by atoms with E-state index < -0.39 is 5.97 Å². The summed E-state index contributed by atoms with van der Waals surface area (Å²) in [6.07, 6.45) is 1.49. The molecular weight excluding hydrogens is 290 g/mol. The quantitative estimate of drug-likeness (QED) is 0.830. The fraction of sp³-hybridized carbons (Fsp3) is 0.200. The van der Waals surface area contributed by atoms with Crippen molar-refractivity contribution in [3.63, 3.8) is 0 Å². The lowest BCUT2D eigenvalue weighted by atomic mass is 10.2. The van der Waals surface area contributed by atoms with Crippen LogP contribution in [0.5, 0.6) is 0 Å². The van der Waals surface area contributed by atoms with Gasteiger partial charge in [-0.1, -0.05) is 23.7 Å². The molecule has 1 aromatic heterocycles. The Bertz CT molecular complexity index is 629. The van der Waals surface area contributed by atoms with Crippen LogP contribution in [0.4, 0.5) is 11.5 Å². The van der Waals surface area contributed by atoms with Gasteiger partial charge in [-0.05, 0) is 30.7 Å². The molecule has 110 valence electrons. The van der Waals surface area contributed by atoms with E-state index in [2.05, 4.69) is 10.3 Å². The number of nitrogens with zero attached hydrogens (tertiary/aromatic N) is 1. The maximum atomic E-state index is 11.9. The second-order valence-electron chi connectivity index (χ2n) is 4.37. The Hall–Kier alpha value is -2.27. The number of hydrogen-bond acceptors (Lipinski definition) is 5. The maximum Gasteiger partial charge on any atom is 0.341 e. The number of nitrogens with two attached hydrogens (primary N) is 1. The highest BCUT2D eigenvalue weighted by molar-refractivity contribution is 6.30. The minimum Gasteiger partial charge on any atom is -0.462 e. The summed E-state index contributed by atoms with van der Waals surface area (Å²) in [6.45, 7) is 2.56. The predicted molar refractivity (Wildman–Crippen MR) is 83.4 cm³/mol. The molecule has 0 amide bonds. The Balaban J connectivity index is 2.15. The molecule has 0 saturated heterocycles. The van der Waals surface area contributed by atoms with Crippen LogP contribution in [0.15, 0.2) is 36.5 Å². The summed E-state index contributed by atoms with van der Waals surface area (Å²) in [7, 11) is 0. The number of rotatable bonds is 5. The van der Waals surface area contributed by atoms with Gasteiger partial charge in [0.15, 0.2) is 0 Å². The van der Waals surface area contributed by atoms with Crippen LogP contribution < -0.4 is 11.1 Å². The normalized spacial score (nSPS) is 10.2. The second-order valence-corrected chi connectivity index (χ2v) is 4.80. The minimum absolute atomic E-state index is 0.296. The lowest BCUT2D eigenvalue weighted by molar-refractivity contribution is 0.0527. The van der Waals surface area contributed by atoms with Gasteiger partial charge in [-0.15, -0.1) is 0 Å². The number of carbonyl (C=O) groups is 1. The SMILES string of the molecule is CCOC(=O)c1cc(N)cnc1NCc1ccc(Cl)cc1. The van der Waals surface area contributed by atoms with Crippen molar-refractivity contribution in [1.82, 2.24) is 4.98 Å². The van der Waals surface area contributed by atoms with Crippen LogP contribution in [0.25, 0.3) is 0 Å². The summed E-state index contributed by atoms with van der Waals surface area (Å²) in [5.41, 5.74) is 7.43. The molecule has 0 spiro atoms. The van der Waals surface area contributed by atoms with Crippen molar-refractivity contribution >= 4 is 29.1 Å². The third kappa shape index (κ3) is 4.10. The zero-order valence-electron chi connectivity index (χ0n) is 11.6. The van der Waals surface area contributed by atoms with E-state index in [0.29, 0.717) is 35.2 Å². The van der Waals surface area contributed by atoms with Crippen LogP contribution in [-0.4, -0.2) is 17.6 Å². The molecule has 6 heteroatoms. The van der Waals surface area contributed by atoms with E-state index in [4.69, 9.17) is 22.1 Å². The number of esters is 1. The average molecular weight is 306 g/mol. The van der Waals surface area contributed by atoms with E-state index in [0.717, 1.165) is 5.56 Å². The van der Waals surface area contributed by atoms with Crippen molar-refractivity contribution in [3.05, 3.63) is 52.7 Å². The van der Waals surface area contributed by atoms with Gasteiger partial charge in [0.05, 0.1) is 18.5 Å². The highest BCUT2D eigenvalue weighted by Crippen LogP contribution is 2.18. The van der Waals surface area contributed by atoms with Gasteiger partial charge in [0.25, 0.3) is 0 Å². The highest BCUT2D eigenvalue weighted by Gasteiger charge is 2.14. The number of carbonyl (C=O) groups excluding carboxylic acids is 1. The molecule has 5 nitrogen and oxygen atoms in total. The van der Waals surface area contributed by atoms with Gasteiger partial charge in [-0.2, -0.15) is 0 Å². The van der Waals surface area contributed by atoms with Crippen molar-refractivity contribution in [2.24, 2.45) is 0 Å². The molecule has 0 atom stereocenters. The van der Waals surface area contributed by atoms with Gasteiger partial charge in [0.2, 0.25) is 0 Å². The fourth-order valence-electron chi connectivity index (χ4n) is 1.77. The van der Waals surface area contributed by atoms with E-state index >= 15 is 0 Å². The highest BCUT2D eigenvalue weighted by atomic mass is 35.5. The number of nitrogens with one attached hydrogen (secondary N) is 1. The van der Waals surface area contributed by atoms with Gasteiger partial charge < -0.3 is 15.8 Å². The van der Waals surface area contributed by atoms with Crippen molar-refractivity contribution in [3.8, 4) is 0 Å². The number of aromatic nitrogens is 1. The van der Waals surface area contributed by atoms with Crippen LogP contribution in [0.3, 0.4) is 0 Å². The minimum atomic E-state index is -0.448. The van der Waals surface area contributed by atoms with Gasteiger partial charge >= 0.3 is 5.97 Å². The Labute approximate surface area is 128 Å². The number of ether oxygens (including phenoxy) is 1. The monoisotopic (exact) mass is 305 g/mol. The van der Waals surface area contributed by atoms with Gasteiger partial charge in [0, 0.05) is 11.6 Å². The van der Waals surface area contributed by atoms with Crippen molar-refractivity contribution in [2.75, 3.05) is 17.7 Å². The molecule has 1 aromatic carbocycles. The average Bonchev–Trinajstić information content (AvgIpc) is 2.48. The molecule has 0 aliphatic rings. The van der Waals surface area contributed by atoms with E-state index in [1.165, 1.54) is 6.20 Å². The largest absolute Gasteiger partial charge is 0.462 e. The molecule has 2 aromatic rings. The summed E-state index contributed by atoms with van der Waals surface area (Å²) in [4.78, 5) is 16.0. The topological polar surface area (TPSA) is 77.2 Å². The van der Waals surface area contributed by atoms with Crippen molar-refractivity contribution < 1.29 is 9.53 Å². The number of halogens is 1. The van der Waals surface area contributed by atoms with Crippen molar-refractivity contribution in [2.45, 2.75) is 13.5 Å². The van der Waals surface area contributed by atoms with E-state index in [1.54, 1.807) is 25.1 Å². The molecule has 0 radical (unpaired) electrons. The molecule has 0 fully saturated rings. The third-order valence-electron chi connectivity index (χ3n) is 2.78. The van der Waals surface area contributed by atoms with E-state index in [9.17, 15) is 4.79 Å². The Morgan fingerprint density at radius 2 is 2.10 bits per heavy atom. The summed E-state index contributed by atoms with van der Waals surface area (Å²) >= 11 is 5.84. The van der Waals surface area contributed by atoms with Crippen LogP contribution in [0.1, 0.15) is 22.8 Å². The predicted octanol–water partition coefficient (Wildman–Crippen LogP) is 3.11. The first kappa shape index (κ1) is 15.1. The van der Waals surface area contributed by atoms with Gasteiger partial charge in [-0.25, -0.2) is 9.78 Å². The summed E-state index contributed by atoms with van der Waals surface area (Å²) < 4.78 is 5.00. The molecular formula is C15H16ClN3O2. The van der Waals surface area contributed by atoms with E-state index in [1.807, 2.05) is 12.1 Å². The standard InChI is InChI=1S/C15H16ClN3O2/c1-2-21-15(20)13-7-12(17)9-19-14(13)18-8-10-3-5-11(16)6-4-10/h3-7,9H,2,8,17H2,1H3,(H,18,19). The first-order chi connectivity index (χ1) is 10.1. The number of anilines is 2. The number of pyridine rings is 1. The van der Waals surface area contributed by atoms with Crippen LogP contribution in [0.2, 0.25) is 5.02 Å². The van der Waals surface area contributed by atoms with Crippen molar-refractivity contribution in [1.29, 1.82) is 0 Å². The molecule has 0 unspecified atom stereocenters. The molecule has 1 heterocycles. The number of benzene rings is 1. The maximum absolute atomic E-state index is 11.9. The first-order valence-corrected chi connectivity index (χ1v) is 6.89. The second kappa shape index (κ2) is 6.95. The lowest BCUT2D eigenvalue weighted by Gasteiger charge is -2.11. The molecule has 21 heavy (non-hydrogen) atoms. The smallest absolute Gasteiger partial charge is 0.341 e. The van der Waals surface area contributed by atoms with Crippen LogP contribution in [0, 0.1) is 0 Å². The lowest BCUT2D eigenvalue weighted by Crippen LogP contribution is -2.12. The van der Waals surface area contributed by atoms with E-state index in [-0.39, 0.29) is 0 Å². The Morgan fingerprint density at radius 1 is 1.38 bits per heavy atom. The van der Waals surface area contributed by atoms with Gasteiger partial charge in [0.1, 0.15) is 11.4 Å². The van der Waals surface area contributed by atoms with Crippen LogP contribution in [-0.2, 0) is 11.3 Å². The molecule has 0 aliphatic heterocycles. The fourth-order valence-corrected chi connectivity index (χ4v) is 1.90. The molecule has 0 saturated carbocycles. The summed E-state index contributed by atoms with van der Waals surface area (Å²) in [5.74, 6) is -0.00601. The Morgan fingerprint density at radius 3 is 2.76 bits per heavy atom. The Kier molecular flexibility index (Phi) is 5.00. The number of nitrogen functional groups attached to an aromatic ring is 1. The van der Waals surface area contributed by atoms with Crippen LogP contribution >= 0.6 is 11.6 Å². The zero-order chi connectivity index (χ0) is 15.2.